The second-order valence-corrected chi connectivity index (χ2v) is 8.36. The van der Waals surface area contributed by atoms with Crippen LogP contribution in [0.15, 0.2) is 32.9 Å². The van der Waals surface area contributed by atoms with E-state index in [-0.39, 0.29) is 38.8 Å². The van der Waals surface area contributed by atoms with Crippen LogP contribution in [0.5, 0.6) is 5.75 Å². The van der Waals surface area contributed by atoms with E-state index in [1.54, 1.807) is 13.8 Å². The Labute approximate surface area is 204 Å². The standard InChI is InChI=1S/C21H18ClF4N3O7/c1-10(2)27-36-17(31)9-34-18(32)20(4-5-20)35-14-7-13(12(23)6-11(14)22)29-16(30)8-15(21(24,25)26)28(3)19(29)33/h6-8H,4-5,9H2,1-3H3. The normalized spacial score (nSPS) is 14.1. The molecule has 36 heavy (non-hydrogen) atoms. The third kappa shape index (κ3) is 5.58. The van der Waals surface area contributed by atoms with Gasteiger partial charge in [-0.2, -0.15) is 13.2 Å². The Kier molecular flexibility index (Phi) is 7.30. The van der Waals surface area contributed by atoms with Gasteiger partial charge in [-0.25, -0.2) is 23.3 Å². The number of carbonyl (C=O) groups is 2. The number of rotatable bonds is 7. The summed E-state index contributed by atoms with van der Waals surface area (Å²) < 4.78 is 64.7. The summed E-state index contributed by atoms with van der Waals surface area (Å²) in [7, 11) is 0.764. The topological polar surface area (TPSA) is 118 Å². The minimum atomic E-state index is -5.01. The summed E-state index contributed by atoms with van der Waals surface area (Å²) in [6.45, 7) is 2.36. The first-order valence-electron chi connectivity index (χ1n) is 10.1. The number of oxime groups is 1. The Morgan fingerprint density at radius 1 is 1.17 bits per heavy atom. The maximum atomic E-state index is 14.7. The number of hydrogen-bond acceptors (Lipinski definition) is 8. The van der Waals surface area contributed by atoms with Crippen molar-refractivity contribution in [1.29, 1.82) is 0 Å². The molecule has 3 rings (SSSR count). The number of aromatic nitrogens is 2. The molecule has 0 spiro atoms. The Morgan fingerprint density at radius 2 is 1.81 bits per heavy atom. The van der Waals surface area contributed by atoms with Crippen molar-refractivity contribution < 1.29 is 41.5 Å². The van der Waals surface area contributed by atoms with E-state index >= 15 is 0 Å². The summed E-state index contributed by atoms with van der Waals surface area (Å²) in [5.74, 6) is -3.50. The van der Waals surface area contributed by atoms with Crippen LogP contribution in [0.1, 0.15) is 32.4 Å². The molecule has 1 aliphatic rings. The maximum absolute atomic E-state index is 14.7. The smallest absolute Gasteiger partial charge is 0.431 e. The molecule has 0 N–H and O–H groups in total. The van der Waals surface area contributed by atoms with Gasteiger partial charge in [0, 0.05) is 32.0 Å². The first-order chi connectivity index (χ1) is 16.7. The minimum Gasteiger partial charge on any atom is -0.474 e. The fourth-order valence-electron chi connectivity index (χ4n) is 2.98. The third-order valence-electron chi connectivity index (χ3n) is 4.89. The molecule has 1 aromatic heterocycles. The molecule has 1 heterocycles. The second-order valence-electron chi connectivity index (χ2n) is 7.95. The Morgan fingerprint density at radius 3 is 2.36 bits per heavy atom. The predicted octanol–water partition coefficient (Wildman–Crippen LogP) is 2.74. The van der Waals surface area contributed by atoms with Crippen LogP contribution in [-0.2, 0) is 32.4 Å². The number of halogens is 5. The van der Waals surface area contributed by atoms with Crippen molar-refractivity contribution in [2.45, 2.75) is 38.5 Å². The van der Waals surface area contributed by atoms with E-state index in [1.807, 2.05) is 0 Å². The van der Waals surface area contributed by atoms with Crippen LogP contribution >= 0.6 is 11.6 Å². The molecule has 0 radical (unpaired) electrons. The van der Waals surface area contributed by atoms with Crippen LogP contribution in [-0.4, -0.2) is 39.0 Å². The third-order valence-corrected chi connectivity index (χ3v) is 5.18. The monoisotopic (exact) mass is 535 g/mol. The molecule has 0 unspecified atom stereocenters. The Balaban J connectivity index is 1.91. The largest absolute Gasteiger partial charge is 0.474 e. The molecule has 0 bridgehead atoms. The number of ether oxygens (including phenoxy) is 2. The van der Waals surface area contributed by atoms with E-state index in [9.17, 15) is 36.7 Å². The van der Waals surface area contributed by atoms with Crippen LogP contribution in [0.3, 0.4) is 0 Å². The summed E-state index contributed by atoms with van der Waals surface area (Å²) in [5, 5.41) is 3.06. The van der Waals surface area contributed by atoms with Crippen molar-refractivity contribution >= 4 is 29.3 Å². The van der Waals surface area contributed by atoms with Crippen LogP contribution in [0.2, 0.25) is 5.02 Å². The Bertz CT molecular complexity index is 1370. The van der Waals surface area contributed by atoms with Crippen LogP contribution < -0.4 is 16.0 Å². The second kappa shape index (κ2) is 9.76. The highest BCUT2D eigenvalue weighted by molar-refractivity contribution is 6.32. The molecule has 194 valence electrons. The lowest BCUT2D eigenvalue weighted by Gasteiger charge is -2.19. The molecule has 0 amide bonds. The summed E-state index contributed by atoms with van der Waals surface area (Å²) in [6, 6.07) is 1.60. The quantitative estimate of drug-likeness (QED) is 0.176. The predicted molar refractivity (Wildman–Crippen MR) is 116 cm³/mol. The fourth-order valence-corrected chi connectivity index (χ4v) is 3.17. The van der Waals surface area contributed by atoms with Crippen molar-refractivity contribution in [3.05, 3.63) is 55.6 Å². The molecule has 1 aliphatic carbocycles. The summed E-state index contributed by atoms with van der Waals surface area (Å²) in [4.78, 5) is 53.4. The van der Waals surface area contributed by atoms with Crippen LogP contribution in [0, 0.1) is 5.82 Å². The summed E-state index contributed by atoms with van der Waals surface area (Å²) in [6.07, 6.45) is -4.76. The Hall–Kier alpha value is -3.68. The van der Waals surface area contributed by atoms with E-state index in [0.717, 1.165) is 13.1 Å². The average molecular weight is 536 g/mol. The lowest BCUT2D eigenvalue weighted by Crippen LogP contribution is -2.41. The molecule has 1 aromatic carbocycles. The summed E-state index contributed by atoms with van der Waals surface area (Å²) >= 11 is 6.00. The summed E-state index contributed by atoms with van der Waals surface area (Å²) in [5.41, 5.74) is -6.38. The first kappa shape index (κ1) is 26.9. The van der Waals surface area contributed by atoms with E-state index in [4.69, 9.17) is 21.1 Å². The van der Waals surface area contributed by atoms with Gasteiger partial charge < -0.3 is 14.3 Å². The first-order valence-corrected chi connectivity index (χ1v) is 10.5. The van der Waals surface area contributed by atoms with Crippen LogP contribution in [0.4, 0.5) is 17.6 Å². The average Bonchev–Trinajstić information content (AvgIpc) is 3.56. The van der Waals surface area contributed by atoms with Crippen molar-refractivity contribution in [3.63, 3.8) is 0 Å². The van der Waals surface area contributed by atoms with Crippen molar-refractivity contribution in [2.24, 2.45) is 12.2 Å². The SMILES string of the molecule is CC(C)=NOC(=O)COC(=O)C1(Oc2cc(-n3c(=O)cc(C(F)(F)F)n(C)c3=O)c(F)cc2Cl)CC1. The zero-order chi connectivity index (χ0) is 27.0. The molecule has 1 fully saturated rings. The highest BCUT2D eigenvalue weighted by atomic mass is 35.5. The van der Waals surface area contributed by atoms with E-state index < -0.39 is 58.8 Å². The maximum Gasteiger partial charge on any atom is 0.431 e. The zero-order valence-corrected chi connectivity index (χ0v) is 19.7. The number of benzene rings is 1. The number of alkyl halides is 3. The molecule has 0 atom stereocenters. The van der Waals surface area contributed by atoms with Gasteiger partial charge in [-0.05, 0) is 19.9 Å². The van der Waals surface area contributed by atoms with Gasteiger partial charge in [-0.15, -0.1) is 0 Å². The van der Waals surface area contributed by atoms with Crippen molar-refractivity contribution in [3.8, 4) is 11.4 Å². The number of carbonyl (C=O) groups excluding carboxylic acids is 2. The number of hydrogen-bond donors (Lipinski definition) is 0. The van der Waals surface area contributed by atoms with E-state index in [0.29, 0.717) is 11.8 Å². The van der Waals surface area contributed by atoms with Gasteiger partial charge in [0.05, 0.1) is 16.4 Å². The number of nitrogens with zero attached hydrogens (tertiary/aromatic N) is 3. The molecule has 1 saturated carbocycles. The van der Waals surface area contributed by atoms with E-state index in [2.05, 4.69) is 9.99 Å². The van der Waals surface area contributed by atoms with Gasteiger partial charge >= 0.3 is 23.8 Å². The molecule has 0 saturated heterocycles. The van der Waals surface area contributed by atoms with Gasteiger partial charge in [0.1, 0.15) is 17.3 Å². The molecule has 15 heteroatoms. The van der Waals surface area contributed by atoms with Gasteiger partial charge in [-0.3, -0.25) is 9.36 Å². The lowest BCUT2D eigenvalue weighted by molar-refractivity contribution is -0.164. The lowest BCUT2D eigenvalue weighted by atomic mass is 10.2. The zero-order valence-electron chi connectivity index (χ0n) is 18.9. The molecule has 2 aromatic rings. The highest BCUT2D eigenvalue weighted by Crippen LogP contribution is 2.44. The van der Waals surface area contributed by atoms with Crippen LogP contribution in [0.25, 0.3) is 5.69 Å². The molecular formula is C21H18ClF4N3O7. The van der Waals surface area contributed by atoms with Gasteiger partial charge in [-0.1, -0.05) is 16.8 Å². The molecular weight excluding hydrogens is 518 g/mol. The molecule has 10 nitrogen and oxygen atoms in total. The fraction of sp³-hybridized carbons (Fsp3) is 0.381. The van der Waals surface area contributed by atoms with Gasteiger partial charge in [0.2, 0.25) is 5.60 Å². The highest BCUT2D eigenvalue weighted by Gasteiger charge is 2.55. The van der Waals surface area contributed by atoms with Gasteiger partial charge in [0.25, 0.3) is 5.56 Å². The minimum absolute atomic E-state index is 0.123. The van der Waals surface area contributed by atoms with E-state index in [1.165, 1.54) is 0 Å². The number of esters is 1. The van der Waals surface area contributed by atoms with Crippen molar-refractivity contribution in [2.75, 3.05) is 6.61 Å². The molecule has 0 aliphatic heterocycles. The van der Waals surface area contributed by atoms with Crippen molar-refractivity contribution in [1.82, 2.24) is 9.13 Å². The van der Waals surface area contributed by atoms with Gasteiger partial charge in [0.15, 0.2) is 6.61 Å².